The van der Waals surface area contributed by atoms with Crippen LogP contribution in [-0.2, 0) is 17.7 Å². The van der Waals surface area contributed by atoms with E-state index in [0.29, 0.717) is 54.4 Å². The fourth-order valence-electron chi connectivity index (χ4n) is 5.10. The Labute approximate surface area is 272 Å². The third-order valence-electron chi connectivity index (χ3n) is 7.75. The second-order valence-electron chi connectivity index (χ2n) is 10.9. The molecule has 0 spiro atoms. The minimum atomic E-state index is -0.746. The number of esters is 1. The van der Waals surface area contributed by atoms with Crippen molar-refractivity contribution in [2.24, 2.45) is 5.73 Å². The Hall–Kier alpha value is -4.74. The molecule has 240 valence electrons. The van der Waals surface area contributed by atoms with E-state index < -0.39 is 17.8 Å². The number of nitrogens with zero attached hydrogens (tertiary/aromatic N) is 1. The first-order valence-corrected chi connectivity index (χ1v) is 16.2. The number of methoxy groups -OCH3 is 1. The monoisotopic (exact) mass is 642 g/mol. The average Bonchev–Trinajstić information content (AvgIpc) is 3.48. The fourth-order valence-corrected chi connectivity index (χ4v) is 6.07. The second kappa shape index (κ2) is 14.6. The van der Waals surface area contributed by atoms with Gasteiger partial charge in [-0.25, -0.2) is 9.78 Å². The number of hydrogen-bond acceptors (Lipinski definition) is 9. The van der Waals surface area contributed by atoms with Gasteiger partial charge in [0.15, 0.2) is 5.69 Å². The summed E-state index contributed by atoms with van der Waals surface area (Å²) < 4.78 is 17.4. The van der Waals surface area contributed by atoms with Gasteiger partial charge in [0, 0.05) is 46.6 Å². The lowest BCUT2D eigenvalue weighted by Crippen LogP contribution is -2.26. The molecule has 5 rings (SSSR count). The molecule has 10 nitrogen and oxygen atoms in total. The minimum Gasteiger partial charge on any atom is -0.493 e. The van der Waals surface area contributed by atoms with Gasteiger partial charge in [-0.15, -0.1) is 11.3 Å². The summed E-state index contributed by atoms with van der Waals surface area (Å²) in [7, 11) is 1.24. The van der Waals surface area contributed by atoms with Gasteiger partial charge in [0.25, 0.3) is 11.8 Å². The average molecular weight is 643 g/mol. The summed E-state index contributed by atoms with van der Waals surface area (Å²) in [6, 6.07) is 14.2. The van der Waals surface area contributed by atoms with Crippen molar-refractivity contribution in [1.82, 2.24) is 10.3 Å². The van der Waals surface area contributed by atoms with Crippen molar-refractivity contribution in [2.45, 2.75) is 52.7 Å². The number of carbonyl (C=O) groups is 3. The normalized spacial score (nSPS) is 12.5. The SMILES string of the molecule is CCCNC(=O)c1ccc(-c2cc3c(cc2C(=O)Nc2ccc(CN)cc2OC(C)CC)-c2sccc2CCO3)c(C(=O)OC)n1. The number of fused-ring (bicyclic) bond motifs is 3. The summed E-state index contributed by atoms with van der Waals surface area (Å²) in [5, 5.41) is 7.83. The molecule has 2 aromatic carbocycles. The van der Waals surface area contributed by atoms with E-state index in [9.17, 15) is 14.4 Å². The van der Waals surface area contributed by atoms with Gasteiger partial charge in [-0.2, -0.15) is 0 Å². The number of rotatable bonds is 11. The van der Waals surface area contributed by atoms with E-state index in [-0.39, 0.29) is 23.1 Å². The molecule has 46 heavy (non-hydrogen) atoms. The highest BCUT2D eigenvalue weighted by atomic mass is 32.1. The quantitative estimate of drug-likeness (QED) is 0.164. The molecule has 1 unspecified atom stereocenters. The summed E-state index contributed by atoms with van der Waals surface area (Å²) >= 11 is 1.57. The lowest BCUT2D eigenvalue weighted by atomic mass is 9.93. The molecular formula is C35H38N4O6S. The molecule has 0 bridgehead atoms. The molecule has 2 aromatic heterocycles. The molecule has 0 fully saturated rings. The maximum Gasteiger partial charge on any atom is 0.357 e. The molecule has 0 saturated heterocycles. The smallest absolute Gasteiger partial charge is 0.357 e. The van der Waals surface area contributed by atoms with Crippen molar-refractivity contribution in [2.75, 3.05) is 25.6 Å². The fraction of sp³-hybridized carbons (Fsp3) is 0.314. The first kappa shape index (κ1) is 32.6. The predicted octanol–water partition coefficient (Wildman–Crippen LogP) is 6.23. The van der Waals surface area contributed by atoms with E-state index in [1.807, 2.05) is 38.3 Å². The number of nitrogens with two attached hydrogens (primary N) is 1. The molecule has 0 aliphatic carbocycles. The summed E-state index contributed by atoms with van der Waals surface area (Å²) in [5.74, 6) is -0.520. The number of aromatic nitrogens is 1. The Balaban J connectivity index is 1.67. The third kappa shape index (κ3) is 6.90. The van der Waals surface area contributed by atoms with E-state index in [2.05, 4.69) is 21.7 Å². The number of amides is 2. The molecule has 11 heteroatoms. The summed E-state index contributed by atoms with van der Waals surface area (Å²) in [6.07, 6.45) is 2.13. The maximum atomic E-state index is 14.3. The van der Waals surface area contributed by atoms with Crippen molar-refractivity contribution >= 4 is 34.8 Å². The van der Waals surface area contributed by atoms with Crippen molar-refractivity contribution in [1.29, 1.82) is 0 Å². The Morgan fingerprint density at radius 3 is 2.61 bits per heavy atom. The van der Waals surface area contributed by atoms with Gasteiger partial charge >= 0.3 is 5.97 Å². The van der Waals surface area contributed by atoms with Crippen molar-refractivity contribution in [3.8, 4) is 33.1 Å². The van der Waals surface area contributed by atoms with E-state index in [4.69, 9.17) is 19.9 Å². The van der Waals surface area contributed by atoms with E-state index >= 15 is 0 Å². The molecular weight excluding hydrogens is 604 g/mol. The summed E-state index contributed by atoms with van der Waals surface area (Å²) in [4.78, 5) is 45.6. The number of ether oxygens (including phenoxy) is 3. The zero-order valence-electron chi connectivity index (χ0n) is 26.4. The van der Waals surface area contributed by atoms with Gasteiger partial charge in [-0.05, 0) is 78.7 Å². The molecule has 0 radical (unpaired) electrons. The van der Waals surface area contributed by atoms with Gasteiger partial charge in [-0.3, -0.25) is 9.59 Å². The highest BCUT2D eigenvalue weighted by molar-refractivity contribution is 7.13. The predicted molar refractivity (Wildman–Crippen MR) is 179 cm³/mol. The van der Waals surface area contributed by atoms with Crippen LogP contribution < -0.4 is 25.8 Å². The molecule has 4 N–H and O–H groups in total. The zero-order chi connectivity index (χ0) is 32.8. The first-order chi connectivity index (χ1) is 22.3. The van der Waals surface area contributed by atoms with Crippen LogP contribution in [0, 0.1) is 0 Å². The molecule has 1 aliphatic rings. The lowest BCUT2D eigenvalue weighted by molar-refractivity contribution is 0.0594. The van der Waals surface area contributed by atoms with Crippen LogP contribution in [0.2, 0.25) is 0 Å². The Kier molecular flexibility index (Phi) is 10.3. The molecule has 2 amide bonds. The highest BCUT2D eigenvalue weighted by Gasteiger charge is 2.27. The second-order valence-corrected chi connectivity index (χ2v) is 11.8. The molecule has 3 heterocycles. The summed E-state index contributed by atoms with van der Waals surface area (Å²) in [5.41, 5.74) is 10.1. The first-order valence-electron chi connectivity index (χ1n) is 15.3. The van der Waals surface area contributed by atoms with Crippen LogP contribution in [0.4, 0.5) is 5.69 Å². The number of benzene rings is 2. The Morgan fingerprint density at radius 2 is 1.87 bits per heavy atom. The number of hydrogen-bond donors (Lipinski definition) is 3. The van der Waals surface area contributed by atoms with Crippen LogP contribution in [0.15, 0.2) is 53.9 Å². The molecule has 1 atom stereocenters. The summed E-state index contributed by atoms with van der Waals surface area (Å²) in [6.45, 7) is 7.14. The van der Waals surface area contributed by atoms with E-state index in [1.54, 1.807) is 35.6 Å². The van der Waals surface area contributed by atoms with Crippen molar-refractivity contribution in [3.63, 3.8) is 0 Å². The van der Waals surface area contributed by atoms with Crippen LogP contribution in [0.3, 0.4) is 0 Å². The van der Waals surface area contributed by atoms with Crippen LogP contribution >= 0.6 is 11.3 Å². The Bertz CT molecular complexity index is 1770. The molecule has 1 aliphatic heterocycles. The third-order valence-corrected chi connectivity index (χ3v) is 8.74. The number of pyridine rings is 1. The van der Waals surface area contributed by atoms with Crippen LogP contribution in [-0.4, -0.2) is 49.1 Å². The number of anilines is 1. The number of carbonyl (C=O) groups excluding carboxylic acids is 3. The van der Waals surface area contributed by atoms with Gasteiger partial charge in [-0.1, -0.05) is 19.9 Å². The number of thiophene rings is 1. The van der Waals surface area contributed by atoms with Gasteiger partial charge in [0.2, 0.25) is 0 Å². The van der Waals surface area contributed by atoms with E-state index in [1.165, 1.54) is 13.2 Å². The largest absolute Gasteiger partial charge is 0.493 e. The van der Waals surface area contributed by atoms with E-state index in [0.717, 1.165) is 34.4 Å². The van der Waals surface area contributed by atoms with Crippen molar-refractivity contribution < 1.29 is 28.6 Å². The van der Waals surface area contributed by atoms with Crippen LogP contribution in [0.5, 0.6) is 11.5 Å². The maximum absolute atomic E-state index is 14.3. The van der Waals surface area contributed by atoms with Crippen molar-refractivity contribution in [3.05, 3.63) is 82.0 Å². The lowest BCUT2D eigenvalue weighted by Gasteiger charge is -2.20. The Morgan fingerprint density at radius 1 is 1.04 bits per heavy atom. The van der Waals surface area contributed by atoms with Crippen LogP contribution in [0.1, 0.15) is 76.1 Å². The zero-order valence-corrected chi connectivity index (χ0v) is 27.2. The van der Waals surface area contributed by atoms with Gasteiger partial charge < -0.3 is 30.6 Å². The van der Waals surface area contributed by atoms with Gasteiger partial charge in [0.05, 0.1) is 25.5 Å². The standard InChI is InChI=1S/C35H38N4O6S/c1-5-13-37-34(41)28-10-8-23(31(38-28)35(42)43-4)24-18-29-26(32-22(11-14-44-29)12-15-46-32)17-25(24)33(40)39-27-9-7-21(19-36)16-30(27)45-20(3)6-2/h7-10,12,15-18,20H,5-6,11,13-14,19,36H2,1-4H3,(H,37,41)(H,39,40). The van der Waals surface area contributed by atoms with Gasteiger partial charge in [0.1, 0.15) is 17.2 Å². The minimum absolute atomic E-state index is 0.0599. The topological polar surface area (TPSA) is 142 Å². The highest BCUT2D eigenvalue weighted by Crippen LogP contribution is 2.43. The molecule has 0 saturated carbocycles. The molecule has 4 aromatic rings. The van der Waals surface area contributed by atoms with Crippen LogP contribution in [0.25, 0.3) is 21.6 Å². The number of nitrogens with one attached hydrogen (secondary N) is 2.